The standard InChI is InChI=1S/C14H15N3O3S/c15-12-5-3-6-13(10-12)17(21(18,19)20)16-9-8-11-4-1-2-7-14(11)16/h1-7,10H,8-9,15H2,(H,18,19,20). The molecule has 0 unspecified atom stereocenters. The predicted molar refractivity (Wildman–Crippen MR) is 82.4 cm³/mol. The number of hydrazine groups is 1. The van der Waals surface area contributed by atoms with Gasteiger partial charge in [0.15, 0.2) is 0 Å². The van der Waals surface area contributed by atoms with Gasteiger partial charge >= 0.3 is 10.3 Å². The van der Waals surface area contributed by atoms with Gasteiger partial charge in [0.2, 0.25) is 0 Å². The second kappa shape index (κ2) is 4.94. The summed E-state index contributed by atoms with van der Waals surface area (Å²) in [7, 11) is -4.46. The van der Waals surface area contributed by atoms with Crippen molar-refractivity contribution in [1.29, 1.82) is 0 Å². The van der Waals surface area contributed by atoms with Crippen LogP contribution >= 0.6 is 0 Å². The molecular weight excluding hydrogens is 290 g/mol. The number of para-hydroxylation sites is 1. The molecule has 1 heterocycles. The summed E-state index contributed by atoms with van der Waals surface area (Å²) >= 11 is 0. The van der Waals surface area contributed by atoms with Crippen molar-refractivity contribution >= 4 is 27.4 Å². The minimum Gasteiger partial charge on any atom is -0.399 e. The van der Waals surface area contributed by atoms with E-state index in [-0.39, 0.29) is 0 Å². The Morgan fingerprint density at radius 1 is 1.14 bits per heavy atom. The summed E-state index contributed by atoms with van der Waals surface area (Å²) in [4.78, 5) is 0. The van der Waals surface area contributed by atoms with Gasteiger partial charge in [-0.15, -0.1) is 0 Å². The quantitative estimate of drug-likeness (QED) is 0.667. The fourth-order valence-electron chi connectivity index (χ4n) is 2.55. The maximum atomic E-state index is 11.8. The number of nitrogen functional groups attached to an aromatic ring is 1. The van der Waals surface area contributed by atoms with E-state index in [9.17, 15) is 13.0 Å². The molecule has 2 aromatic rings. The number of fused-ring (bicyclic) bond motifs is 1. The van der Waals surface area contributed by atoms with Crippen molar-refractivity contribution < 1.29 is 13.0 Å². The van der Waals surface area contributed by atoms with Gasteiger partial charge in [0.25, 0.3) is 0 Å². The van der Waals surface area contributed by atoms with E-state index in [1.165, 1.54) is 6.07 Å². The average Bonchev–Trinajstić information content (AvgIpc) is 2.82. The highest BCUT2D eigenvalue weighted by molar-refractivity contribution is 7.87. The molecule has 0 saturated heterocycles. The lowest BCUT2D eigenvalue weighted by molar-refractivity contribution is 0.476. The Hall–Kier alpha value is -2.25. The molecule has 1 aliphatic heterocycles. The Labute approximate surface area is 123 Å². The molecule has 0 aromatic heterocycles. The molecule has 3 N–H and O–H groups in total. The zero-order chi connectivity index (χ0) is 15.0. The highest BCUT2D eigenvalue weighted by atomic mass is 32.2. The van der Waals surface area contributed by atoms with Crippen LogP contribution in [0.25, 0.3) is 0 Å². The van der Waals surface area contributed by atoms with Crippen LogP contribution in [0.2, 0.25) is 0 Å². The van der Waals surface area contributed by atoms with E-state index in [0.717, 1.165) is 15.7 Å². The van der Waals surface area contributed by atoms with E-state index in [2.05, 4.69) is 0 Å². The Morgan fingerprint density at radius 3 is 2.62 bits per heavy atom. The number of rotatable bonds is 3. The Kier molecular flexibility index (Phi) is 3.23. The molecule has 3 rings (SSSR count). The van der Waals surface area contributed by atoms with E-state index in [1.54, 1.807) is 23.2 Å². The van der Waals surface area contributed by atoms with Crippen LogP contribution in [0.15, 0.2) is 48.5 Å². The number of anilines is 3. The summed E-state index contributed by atoms with van der Waals surface area (Å²) in [5.74, 6) is 0. The van der Waals surface area contributed by atoms with Crippen molar-refractivity contribution in [2.24, 2.45) is 0 Å². The Bertz CT molecular complexity index is 777. The number of hydrogen-bond acceptors (Lipinski definition) is 4. The van der Waals surface area contributed by atoms with Crippen molar-refractivity contribution in [3.8, 4) is 0 Å². The van der Waals surface area contributed by atoms with Gasteiger partial charge in [0.1, 0.15) is 0 Å². The van der Waals surface area contributed by atoms with Gasteiger partial charge in [-0.2, -0.15) is 12.8 Å². The van der Waals surface area contributed by atoms with Gasteiger partial charge in [-0.3, -0.25) is 9.56 Å². The number of hydrogen-bond donors (Lipinski definition) is 2. The molecule has 0 fully saturated rings. The third kappa shape index (κ3) is 2.53. The minimum atomic E-state index is -4.46. The van der Waals surface area contributed by atoms with Crippen LogP contribution in [0.1, 0.15) is 5.56 Å². The SMILES string of the molecule is Nc1cccc(N(N2CCc3ccccc32)S(=O)(=O)O)c1. The highest BCUT2D eigenvalue weighted by Crippen LogP contribution is 2.33. The molecule has 2 aromatic carbocycles. The van der Waals surface area contributed by atoms with E-state index >= 15 is 0 Å². The normalized spacial score (nSPS) is 14.0. The molecule has 0 radical (unpaired) electrons. The van der Waals surface area contributed by atoms with Crippen LogP contribution in [0.4, 0.5) is 17.1 Å². The maximum Gasteiger partial charge on any atom is 0.377 e. The van der Waals surface area contributed by atoms with Crippen LogP contribution in [-0.4, -0.2) is 19.5 Å². The first-order valence-corrected chi connectivity index (χ1v) is 7.85. The molecule has 6 nitrogen and oxygen atoms in total. The first-order valence-electron chi connectivity index (χ1n) is 6.45. The van der Waals surface area contributed by atoms with E-state index < -0.39 is 10.3 Å². The second-order valence-electron chi connectivity index (χ2n) is 4.82. The van der Waals surface area contributed by atoms with Crippen molar-refractivity contribution in [3.63, 3.8) is 0 Å². The molecule has 21 heavy (non-hydrogen) atoms. The minimum absolute atomic E-state index is 0.300. The molecule has 0 amide bonds. The largest absolute Gasteiger partial charge is 0.399 e. The summed E-state index contributed by atoms with van der Waals surface area (Å²) in [5.41, 5.74) is 8.23. The predicted octanol–water partition coefficient (Wildman–Crippen LogP) is 1.86. The average molecular weight is 305 g/mol. The van der Waals surface area contributed by atoms with Crippen LogP contribution in [0, 0.1) is 0 Å². The summed E-state index contributed by atoms with van der Waals surface area (Å²) < 4.78 is 34.2. The van der Waals surface area contributed by atoms with Crippen molar-refractivity contribution in [3.05, 3.63) is 54.1 Å². The topological polar surface area (TPSA) is 86.9 Å². The summed E-state index contributed by atoms with van der Waals surface area (Å²) in [5, 5.41) is 1.54. The van der Waals surface area contributed by atoms with Crippen LogP contribution in [0.3, 0.4) is 0 Å². The molecule has 1 aliphatic rings. The van der Waals surface area contributed by atoms with Gasteiger partial charge in [-0.1, -0.05) is 24.3 Å². The van der Waals surface area contributed by atoms with Crippen molar-refractivity contribution in [1.82, 2.24) is 0 Å². The molecule has 0 bridgehead atoms. The van der Waals surface area contributed by atoms with Gasteiger partial charge in [0.05, 0.1) is 11.4 Å². The molecular formula is C14H15N3O3S. The second-order valence-corrected chi connectivity index (χ2v) is 6.06. The summed E-state index contributed by atoms with van der Waals surface area (Å²) in [6, 6.07) is 13.9. The van der Waals surface area contributed by atoms with E-state index in [1.807, 2.05) is 24.3 Å². The van der Waals surface area contributed by atoms with E-state index in [4.69, 9.17) is 5.73 Å². The van der Waals surface area contributed by atoms with Gasteiger partial charge in [0, 0.05) is 12.2 Å². The first-order chi connectivity index (χ1) is 9.97. The van der Waals surface area contributed by atoms with Crippen LogP contribution in [-0.2, 0) is 16.7 Å². The lowest BCUT2D eigenvalue weighted by Gasteiger charge is -2.32. The van der Waals surface area contributed by atoms with Crippen molar-refractivity contribution in [2.45, 2.75) is 6.42 Å². The van der Waals surface area contributed by atoms with Crippen molar-refractivity contribution in [2.75, 3.05) is 21.7 Å². The molecule has 0 spiro atoms. The van der Waals surface area contributed by atoms with Gasteiger partial charge < -0.3 is 5.73 Å². The van der Waals surface area contributed by atoms with Gasteiger partial charge in [-0.05, 0) is 36.2 Å². The molecule has 7 heteroatoms. The lowest BCUT2D eigenvalue weighted by Crippen LogP contribution is -2.46. The summed E-state index contributed by atoms with van der Waals surface area (Å²) in [6.45, 7) is 0.466. The monoisotopic (exact) mass is 305 g/mol. The molecule has 110 valence electrons. The van der Waals surface area contributed by atoms with E-state index in [0.29, 0.717) is 24.3 Å². The Balaban J connectivity index is 2.11. The van der Waals surface area contributed by atoms with Gasteiger partial charge in [-0.25, -0.2) is 0 Å². The Morgan fingerprint density at radius 2 is 1.90 bits per heavy atom. The molecule has 0 atom stereocenters. The third-order valence-corrected chi connectivity index (χ3v) is 4.24. The highest BCUT2D eigenvalue weighted by Gasteiger charge is 2.31. The number of nitrogens with two attached hydrogens (primary N) is 1. The third-order valence-electron chi connectivity index (χ3n) is 3.39. The van der Waals surface area contributed by atoms with Crippen LogP contribution < -0.4 is 15.2 Å². The lowest BCUT2D eigenvalue weighted by atomic mass is 10.2. The zero-order valence-corrected chi connectivity index (χ0v) is 12.0. The molecule has 0 aliphatic carbocycles. The molecule has 0 saturated carbocycles. The fraction of sp³-hybridized carbons (Fsp3) is 0.143. The number of nitrogens with zero attached hydrogens (tertiary/aromatic N) is 2. The summed E-state index contributed by atoms with van der Waals surface area (Å²) in [6.07, 6.45) is 0.713. The fourth-order valence-corrected chi connectivity index (χ4v) is 3.35. The zero-order valence-electron chi connectivity index (χ0n) is 11.2. The number of benzene rings is 2. The maximum absolute atomic E-state index is 11.8. The van der Waals surface area contributed by atoms with Crippen LogP contribution in [0.5, 0.6) is 0 Å². The smallest absolute Gasteiger partial charge is 0.377 e. The first kappa shape index (κ1) is 13.7.